The van der Waals surface area contributed by atoms with Crippen molar-refractivity contribution >= 4 is 52.3 Å². The Kier molecular flexibility index (Phi) is 6.03. The second-order valence-electron chi connectivity index (χ2n) is 7.03. The molecule has 0 radical (unpaired) electrons. The van der Waals surface area contributed by atoms with Gasteiger partial charge in [-0.2, -0.15) is 0 Å². The van der Waals surface area contributed by atoms with E-state index in [-0.39, 0.29) is 23.2 Å². The lowest BCUT2D eigenvalue weighted by molar-refractivity contribution is -0.120. The maximum absolute atomic E-state index is 13.0. The number of benzene rings is 2. The molecule has 7 nitrogen and oxygen atoms in total. The van der Waals surface area contributed by atoms with Crippen LogP contribution in [0.3, 0.4) is 0 Å². The number of anilines is 2. The highest BCUT2D eigenvalue weighted by Crippen LogP contribution is 2.33. The van der Waals surface area contributed by atoms with Gasteiger partial charge in [0.2, 0.25) is 0 Å². The van der Waals surface area contributed by atoms with Gasteiger partial charge in [0.05, 0.1) is 18.5 Å². The molecular weight excluding hydrogens is 453 g/mol. The van der Waals surface area contributed by atoms with Crippen LogP contribution in [0.15, 0.2) is 76.0 Å². The van der Waals surface area contributed by atoms with E-state index < -0.39 is 11.8 Å². The number of amides is 3. The average Bonchev–Trinajstić information content (AvgIpc) is 3.38. The lowest BCUT2D eigenvalue weighted by Gasteiger charge is -2.17. The van der Waals surface area contributed by atoms with Crippen molar-refractivity contribution < 1.29 is 18.8 Å². The van der Waals surface area contributed by atoms with Gasteiger partial charge in [0.25, 0.3) is 17.7 Å². The zero-order valence-electron chi connectivity index (χ0n) is 16.8. The molecular formula is C23H17Cl2N3O4. The quantitative estimate of drug-likeness (QED) is 0.514. The molecule has 3 aromatic rings. The van der Waals surface area contributed by atoms with Crippen LogP contribution in [-0.2, 0) is 16.1 Å². The number of hydrogen-bond donors (Lipinski definition) is 2. The van der Waals surface area contributed by atoms with Crippen LogP contribution in [0, 0.1) is 6.92 Å². The Hall–Kier alpha value is -3.55. The highest BCUT2D eigenvalue weighted by Gasteiger charge is 2.39. The second-order valence-corrected chi connectivity index (χ2v) is 7.84. The van der Waals surface area contributed by atoms with Gasteiger partial charge in [-0.05, 0) is 61.0 Å². The minimum Gasteiger partial charge on any atom is -0.467 e. The lowest BCUT2D eigenvalue weighted by Crippen LogP contribution is -2.32. The fourth-order valence-corrected chi connectivity index (χ4v) is 3.56. The first-order chi connectivity index (χ1) is 15.3. The Morgan fingerprint density at radius 1 is 1.03 bits per heavy atom. The molecule has 1 aliphatic rings. The summed E-state index contributed by atoms with van der Waals surface area (Å²) in [6.45, 7) is 2.03. The largest absolute Gasteiger partial charge is 0.467 e. The summed E-state index contributed by atoms with van der Waals surface area (Å²) < 4.78 is 5.18. The predicted molar refractivity (Wildman–Crippen MR) is 122 cm³/mol. The number of furan rings is 1. The Bertz CT molecular complexity index is 1230. The second kappa shape index (κ2) is 8.90. The van der Waals surface area contributed by atoms with E-state index in [0.717, 1.165) is 4.90 Å². The van der Waals surface area contributed by atoms with Crippen molar-refractivity contribution in [2.24, 2.45) is 0 Å². The zero-order chi connectivity index (χ0) is 22.8. The van der Waals surface area contributed by atoms with Crippen LogP contribution in [-0.4, -0.2) is 17.7 Å². The predicted octanol–water partition coefficient (Wildman–Crippen LogP) is 4.61. The maximum Gasteiger partial charge on any atom is 0.283 e. The summed E-state index contributed by atoms with van der Waals surface area (Å²) >= 11 is 12.2. The van der Waals surface area contributed by atoms with Gasteiger partial charge in [0, 0.05) is 16.3 Å². The van der Waals surface area contributed by atoms with Crippen molar-refractivity contribution in [2.75, 3.05) is 10.2 Å². The molecule has 0 saturated carbocycles. The van der Waals surface area contributed by atoms with Crippen molar-refractivity contribution in [3.8, 4) is 0 Å². The number of rotatable bonds is 6. The molecule has 0 spiro atoms. The lowest BCUT2D eigenvalue weighted by atomic mass is 10.2. The van der Waals surface area contributed by atoms with Crippen molar-refractivity contribution in [3.05, 3.63) is 93.5 Å². The summed E-state index contributed by atoms with van der Waals surface area (Å²) in [6.07, 6.45) is 1.53. The van der Waals surface area contributed by atoms with E-state index in [1.54, 1.807) is 55.5 Å². The fourth-order valence-electron chi connectivity index (χ4n) is 3.19. The van der Waals surface area contributed by atoms with Gasteiger partial charge in [0.15, 0.2) is 0 Å². The third kappa shape index (κ3) is 4.26. The third-order valence-electron chi connectivity index (χ3n) is 4.86. The molecule has 32 heavy (non-hydrogen) atoms. The van der Waals surface area contributed by atoms with Crippen LogP contribution in [0.4, 0.5) is 11.4 Å². The van der Waals surface area contributed by atoms with Crippen molar-refractivity contribution in [3.63, 3.8) is 0 Å². The number of aryl methyl sites for hydroxylation is 1. The number of carbonyl (C=O) groups is 3. The first-order valence-electron chi connectivity index (χ1n) is 9.57. The molecule has 0 atom stereocenters. The minimum atomic E-state index is -0.640. The van der Waals surface area contributed by atoms with E-state index in [1.165, 1.54) is 12.3 Å². The van der Waals surface area contributed by atoms with Gasteiger partial charge in [-0.25, -0.2) is 4.90 Å². The summed E-state index contributed by atoms with van der Waals surface area (Å²) in [4.78, 5) is 38.9. The first-order valence-corrected chi connectivity index (χ1v) is 10.3. The van der Waals surface area contributed by atoms with E-state index in [4.69, 9.17) is 27.6 Å². The number of carbonyl (C=O) groups excluding carboxylic acids is 3. The maximum atomic E-state index is 13.0. The SMILES string of the molecule is Cc1ccc(Cl)cc1N1C(=O)C(Cl)=C(Nc2ccc(C(=O)NCc3ccco3)cc2)C1=O. The molecule has 0 unspecified atom stereocenters. The van der Waals surface area contributed by atoms with Crippen molar-refractivity contribution in [2.45, 2.75) is 13.5 Å². The molecule has 1 aromatic heterocycles. The Morgan fingerprint density at radius 2 is 1.78 bits per heavy atom. The van der Waals surface area contributed by atoms with Crippen molar-refractivity contribution in [1.82, 2.24) is 5.32 Å². The van der Waals surface area contributed by atoms with E-state index in [2.05, 4.69) is 10.6 Å². The van der Waals surface area contributed by atoms with Gasteiger partial charge in [-0.15, -0.1) is 0 Å². The van der Waals surface area contributed by atoms with E-state index in [1.807, 2.05) is 0 Å². The summed E-state index contributed by atoms with van der Waals surface area (Å²) in [6, 6.07) is 14.8. The van der Waals surface area contributed by atoms with Crippen LogP contribution in [0.25, 0.3) is 0 Å². The number of hydrogen-bond acceptors (Lipinski definition) is 5. The van der Waals surface area contributed by atoms with Gasteiger partial charge in [-0.3, -0.25) is 14.4 Å². The molecule has 0 fully saturated rings. The van der Waals surface area contributed by atoms with Crippen LogP contribution >= 0.6 is 23.2 Å². The van der Waals surface area contributed by atoms with Gasteiger partial charge in [0.1, 0.15) is 16.5 Å². The summed E-state index contributed by atoms with van der Waals surface area (Å²) in [5, 5.41) is 5.79. The van der Waals surface area contributed by atoms with Crippen LogP contribution in [0.1, 0.15) is 21.7 Å². The fraction of sp³-hybridized carbons (Fsp3) is 0.0870. The van der Waals surface area contributed by atoms with Gasteiger partial charge in [-0.1, -0.05) is 29.3 Å². The number of nitrogens with one attached hydrogen (secondary N) is 2. The van der Waals surface area contributed by atoms with E-state index in [0.29, 0.717) is 33.3 Å². The topological polar surface area (TPSA) is 91.7 Å². The molecule has 9 heteroatoms. The summed E-state index contributed by atoms with van der Waals surface area (Å²) in [5.41, 5.74) is 1.93. The first kappa shape index (κ1) is 21.7. The highest BCUT2D eigenvalue weighted by atomic mass is 35.5. The smallest absolute Gasteiger partial charge is 0.283 e. The van der Waals surface area contributed by atoms with Crippen LogP contribution in [0.5, 0.6) is 0 Å². The number of halogens is 2. The Labute approximate surface area is 193 Å². The monoisotopic (exact) mass is 469 g/mol. The van der Waals surface area contributed by atoms with Crippen LogP contribution < -0.4 is 15.5 Å². The standard InChI is InChI=1S/C23H17Cl2N3O4/c1-13-4-7-15(24)11-18(13)28-22(30)19(25)20(23(28)31)27-16-8-5-14(6-9-16)21(29)26-12-17-3-2-10-32-17/h2-11,27H,12H2,1H3,(H,26,29). The number of imide groups is 1. The molecule has 0 aliphatic carbocycles. The molecule has 0 bridgehead atoms. The average molecular weight is 470 g/mol. The minimum absolute atomic E-state index is 0.0499. The summed E-state index contributed by atoms with van der Waals surface area (Å²) in [7, 11) is 0. The molecule has 3 amide bonds. The summed E-state index contributed by atoms with van der Waals surface area (Å²) in [5.74, 6) is -0.869. The Morgan fingerprint density at radius 3 is 2.47 bits per heavy atom. The van der Waals surface area contributed by atoms with Gasteiger partial charge >= 0.3 is 0 Å². The molecule has 1 aliphatic heterocycles. The zero-order valence-corrected chi connectivity index (χ0v) is 18.3. The Balaban J connectivity index is 1.47. The third-order valence-corrected chi connectivity index (χ3v) is 5.44. The van der Waals surface area contributed by atoms with E-state index in [9.17, 15) is 14.4 Å². The molecule has 162 valence electrons. The molecule has 2 aromatic carbocycles. The molecule has 0 saturated heterocycles. The van der Waals surface area contributed by atoms with E-state index >= 15 is 0 Å². The molecule has 4 rings (SSSR count). The van der Waals surface area contributed by atoms with Crippen molar-refractivity contribution in [1.29, 1.82) is 0 Å². The highest BCUT2D eigenvalue weighted by molar-refractivity contribution is 6.53. The molecule has 2 N–H and O–H groups in total. The van der Waals surface area contributed by atoms with Gasteiger partial charge < -0.3 is 15.1 Å². The van der Waals surface area contributed by atoms with Crippen LogP contribution in [0.2, 0.25) is 5.02 Å². The normalized spacial score (nSPS) is 13.7. The number of nitrogens with zero attached hydrogens (tertiary/aromatic N) is 1. The molecule has 2 heterocycles.